The first-order valence-corrected chi connectivity index (χ1v) is 8.01. The minimum Gasteiger partial charge on any atom is -0.379 e. The van der Waals surface area contributed by atoms with Crippen molar-refractivity contribution in [3.05, 3.63) is 0 Å². The SMILES string of the molecule is CCNC(=NCCCOC(C)C)NC1CC2CCC1O2.I. The van der Waals surface area contributed by atoms with E-state index in [-0.39, 0.29) is 24.0 Å². The fourth-order valence-corrected chi connectivity index (χ4v) is 2.86. The van der Waals surface area contributed by atoms with Gasteiger partial charge in [0.25, 0.3) is 0 Å². The summed E-state index contributed by atoms with van der Waals surface area (Å²) in [6.45, 7) is 8.67. The topological polar surface area (TPSA) is 54.9 Å². The Morgan fingerprint density at radius 1 is 1.38 bits per heavy atom. The lowest BCUT2D eigenvalue weighted by Crippen LogP contribution is -2.47. The van der Waals surface area contributed by atoms with Gasteiger partial charge in [-0.3, -0.25) is 4.99 Å². The van der Waals surface area contributed by atoms with Crippen molar-refractivity contribution in [2.45, 2.75) is 70.8 Å². The maximum Gasteiger partial charge on any atom is 0.191 e. The highest BCUT2D eigenvalue weighted by atomic mass is 127. The summed E-state index contributed by atoms with van der Waals surface area (Å²) in [6.07, 6.45) is 5.64. The summed E-state index contributed by atoms with van der Waals surface area (Å²) in [4.78, 5) is 4.62. The molecule has 124 valence electrons. The zero-order valence-electron chi connectivity index (χ0n) is 13.4. The first-order valence-electron chi connectivity index (χ1n) is 8.01. The van der Waals surface area contributed by atoms with Crippen molar-refractivity contribution < 1.29 is 9.47 Å². The molecule has 5 nitrogen and oxygen atoms in total. The molecule has 0 aromatic rings. The lowest BCUT2D eigenvalue weighted by molar-refractivity contribution is 0.0782. The van der Waals surface area contributed by atoms with Crippen molar-refractivity contribution in [1.82, 2.24) is 10.6 Å². The molecule has 0 aromatic carbocycles. The fourth-order valence-electron chi connectivity index (χ4n) is 2.86. The van der Waals surface area contributed by atoms with Crippen molar-refractivity contribution in [2.24, 2.45) is 4.99 Å². The Bertz CT molecular complexity index is 326. The van der Waals surface area contributed by atoms with E-state index in [2.05, 4.69) is 36.4 Å². The van der Waals surface area contributed by atoms with Gasteiger partial charge in [0.2, 0.25) is 0 Å². The van der Waals surface area contributed by atoms with Gasteiger partial charge in [-0.15, -0.1) is 24.0 Å². The van der Waals surface area contributed by atoms with Crippen molar-refractivity contribution in [3.8, 4) is 0 Å². The number of nitrogens with zero attached hydrogens (tertiary/aromatic N) is 1. The van der Waals surface area contributed by atoms with Crippen molar-refractivity contribution in [2.75, 3.05) is 19.7 Å². The van der Waals surface area contributed by atoms with E-state index in [4.69, 9.17) is 9.47 Å². The highest BCUT2D eigenvalue weighted by molar-refractivity contribution is 14.0. The van der Waals surface area contributed by atoms with Crippen LogP contribution in [-0.2, 0) is 9.47 Å². The number of halogens is 1. The Morgan fingerprint density at radius 3 is 2.76 bits per heavy atom. The van der Waals surface area contributed by atoms with Crippen LogP contribution in [0.1, 0.15) is 46.5 Å². The van der Waals surface area contributed by atoms with Crippen molar-refractivity contribution in [1.29, 1.82) is 0 Å². The summed E-state index contributed by atoms with van der Waals surface area (Å²) in [7, 11) is 0. The minimum atomic E-state index is 0. The monoisotopic (exact) mass is 411 g/mol. The highest BCUT2D eigenvalue weighted by Gasteiger charge is 2.41. The standard InChI is InChI=1S/C15H29N3O2.HI/c1-4-16-15(17-8-5-9-19-11(2)3)18-13-10-12-6-7-14(13)20-12;/h11-14H,4-10H2,1-3H3,(H2,16,17,18);1H. The van der Waals surface area contributed by atoms with E-state index in [1.807, 2.05) is 0 Å². The maximum absolute atomic E-state index is 5.87. The molecule has 0 spiro atoms. The summed E-state index contributed by atoms with van der Waals surface area (Å²) in [6, 6.07) is 0.429. The van der Waals surface area contributed by atoms with Crippen LogP contribution in [0.15, 0.2) is 4.99 Å². The molecule has 0 aliphatic carbocycles. The number of hydrogen-bond acceptors (Lipinski definition) is 3. The number of ether oxygens (including phenoxy) is 2. The molecule has 0 aromatic heterocycles. The molecule has 0 saturated carbocycles. The largest absolute Gasteiger partial charge is 0.379 e. The van der Waals surface area contributed by atoms with Crippen molar-refractivity contribution >= 4 is 29.9 Å². The van der Waals surface area contributed by atoms with Crippen LogP contribution in [0.25, 0.3) is 0 Å². The van der Waals surface area contributed by atoms with Crippen molar-refractivity contribution in [3.63, 3.8) is 0 Å². The predicted octanol–water partition coefficient (Wildman–Crippen LogP) is 2.29. The molecule has 2 rings (SSSR count). The van der Waals surface area contributed by atoms with Gasteiger partial charge in [0.1, 0.15) is 0 Å². The van der Waals surface area contributed by atoms with Gasteiger partial charge in [0.15, 0.2) is 5.96 Å². The van der Waals surface area contributed by atoms with Crippen LogP contribution in [0.4, 0.5) is 0 Å². The number of hydrogen-bond donors (Lipinski definition) is 2. The van der Waals surface area contributed by atoms with Crippen LogP contribution < -0.4 is 10.6 Å². The number of guanidine groups is 1. The molecule has 2 saturated heterocycles. The van der Waals surface area contributed by atoms with E-state index in [9.17, 15) is 0 Å². The first-order chi connectivity index (χ1) is 9.69. The van der Waals surface area contributed by atoms with Gasteiger partial charge in [-0.1, -0.05) is 0 Å². The van der Waals surface area contributed by atoms with Gasteiger partial charge in [-0.2, -0.15) is 0 Å². The van der Waals surface area contributed by atoms with E-state index in [1.54, 1.807) is 0 Å². The zero-order chi connectivity index (χ0) is 14.4. The molecule has 3 unspecified atom stereocenters. The Hall–Kier alpha value is -0.0800. The van der Waals surface area contributed by atoms with E-state index in [0.29, 0.717) is 24.4 Å². The number of fused-ring (bicyclic) bond motifs is 2. The second-order valence-electron chi connectivity index (χ2n) is 5.89. The Balaban J connectivity index is 0.00000220. The Morgan fingerprint density at radius 2 is 2.19 bits per heavy atom. The van der Waals surface area contributed by atoms with Crippen LogP contribution in [0.5, 0.6) is 0 Å². The summed E-state index contributed by atoms with van der Waals surface area (Å²) in [5.74, 6) is 0.915. The molecular formula is C15H30IN3O2. The summed E-state index contributed by atoms with van der Waals surface area (Å²) >= 11 is 0. The Labute approximate surface area is 145 Å². The zero-order valence-corrected chi connectivity index (χ0v) is 15.8. The lowest BCUT2D eigenvalue weighted by Gasteiger charge is -2.22. The third-order valence-electron chi connectivity index (χ3n) is 3.80. The summed E-state index contributed by atoms with van der Waals surface area (Å²) in [5, 5.41) is 6.83. The quantitative estimate of drug-likeness (QED) is 0.292. The molecule has 2 N–H and O–H groups in total. The van der Waals surface area contributed by atoms with Crippen LogP contribution in [0.3, 0.4) is 0 Å². The molecule has 2 bridgehead atoms. The van der Waals surface area contributed by atoms with Crippen LogP contribution in [0.2, 0.25) is 0 Å². The third-order valence-corrected chi connectivity index (χ3v) is 3.80. The normalized spacial score (nSPS) is 27.8. The number of rotatable bonds is 7. The van der Waals surface area contributed by atoms with Gasteiger partial charge >= 0.3 is 0 Å². The lowest BCUT2D eigenvalue weighted by atomic mass is 9.96. The van der Waals surface area contributed by atoms with E-state index < -0.39 is 0 Å². The molecule has 21 heavy (non-hydrogen) atoms. The number of nitrogens with one attached hydrogen (secondary N) is 2. The van der Waals surface area contributed by atoms with Gasteiger partial charge in [0, 0.05) is 19.7 Å². The van der Waals surface area contributed by atoms with Gasteiger partial charge < -0.3 is 20.1 Å². The first kappa shape index (κ1) is 19.0. The number of aliphatic imine (C=N–C) groups is 1. The van der Waals surface area contributed by atoms with Crippen LogP contribution in [0, 0.1) is 0 Å². The molecule has 3 atom stereocenters. The summed E-state index contributed by atoms with van der Waals surface area (Å²) < 4.78 is 11.4. The fraction of sp³-hybridized carbons (Fsp3) is 0.933. The average molecular weight is 411 g/mol. The van der Waals surface area contributed by atoms with E-state index in [1.165, 1.54) is 12.8 Å². The van der Waals surface area contributed by atoms with Crippen LogP contribution in [-0.4, -0.2) is 50.0 Å². The molecule has 0 amide bonds. The third kappa shape index (κ3) is 6.28. The molecule has 0 radical (unpaired) electrons. The highest BCUT2D eigenvalue weighted by Crippen LogP contribution is 2.34. The molecule has 2 heterocycles. The molecule has 6 heteroatoms. The summed E-state index contributed by atoms with van der Waals surface area (Å²) in [5.41, 5.74) is 0. The second-order valence-corrected chi connectivity index (χ2v) is 5.89. The molecule has 2 aliphatic rings. The maximum atomic E-state index is 5.87. The van der Waals surface area contributed by atoms with Crippen LogP contribution >= 0.6 is 24.0 Å². The Kier molecular flexibility index (Phi) is 8.89. The smallest absolute Gasteiger partial charge is 0.191 e. The van der Waals surface area contributed by atoms with E-state index >= 15 is 0 Å². The second kappa shape index (κ2) is 9.84. The average Bonchev–Trinajstić information content (AvgIpc) is 3.00. The predicted molar refractivity (Wildman–Crippen MR) is 96.5 cm³/mol. The molecule has 2 fully saturated rings. The van der Waals surface area contributed by atoms with Gasteiger partial charge in [-0.25, -0.2) is 0 Å². The van der Waals surface area contributed by atoms with Gasteiger partial charge in [-0.05, 0) is 46.5 Å². The molecule has 2 aliphatic heterocycles. The minimum absolute atomic E-state index is 0. The molecular weight excluding hydrogens is 381 g/mol. The van der Waals surface area contributed by atoms with Gasteiger partial charge in [0.05, 0.1) is 24.4 Å². The van der Waals surface area contributed by atoms with E-state index in [0.717, 1.165) is 38.5 Å².